The zero-order valence-electron chi connectivity index (χ0n) is 18.4. The molecule has 0 saturated carbocycles. The van der Waals surface area contributed by atoms with Gasteiger partial charge in [0.05, 0.1) is 31.5 Å². The highest BCUT2D eigenvalue weighted by molar-refractivity contribution is 5.94. The lowest BCUT2D eigenvalue weighted by Crippen LogP contribution is -2.51. The molecule has 0 aromatic heterocycles. The Balaban J connectivity index is 1.93. The zero-order chi connectivity index (χ0) is 21.2. The first-order valence-electron chi connectivity index (χ1n) is 10.8. The van der Waals surface area contributed by atoms with Gasteiger partial charge in [-0.1, -0.05) is 32.0 Å². The third-order valence-corrected chi connectivity index (χ3v) is 5.02. The number of β-amino-alcohol motifs (C(OH)–C–C–N with tert-alkyl or cyclic N) is 1. The number of morpholine rings is 1. The molecule has 1 aliphatic rings. The van der Waals surface area contributed by atoms with Crippen molar-refractivity contribution in [2.24, 2.45) is 5.92 Å². The van der Waals surface area contributed by atoms with E-state index in [2.05, 4.69) is 18.7 Å². The Morgan fingerprint density at radius 1 is 1.28 bits per heavy atom. The average molecular weight is 407 g/mol. The van der Waals surface area contributed by atoms with Crippen LogP contribution in [-0.4, -0.2) is 85.1 Å². The van der Waals surface area contributed by atoms with E-state index in [9.17, 15) is 9.90 Å². The highest BCUT2D eigenvalue weighted by Crippen LogP contribution is 2.13. The molecule has 6 nitrogen and oxygen atoms in total. The SMILES string of the molecule is CC(C)CCN(C[C@@H]1CN(C[C@@H](O)COC(C)C)CCO1)C(=O)c1ccccc1. The predicted octanol–water partition coefficient (Wildman–Crippen LogP) is 2.66. The summed E-state index contributed by atoms with van der Waals surface area (Å²) < 4.78 is 11.5. The van der Waals surface area contributed by atoms with E-state index in [-0.39, 0.29) is 18.1 Å². The van der Waals surface area contributed by atoms with Gasteiger partial charge < -0.3 is 19.5 Å². The fourth-order valence-electron chi connectivity index (χ4n) is 3.41. The molecule has 29 heavy (non-hydrogen) atoms. The van der Waals surface area contributed by atoms with Gasteiger partial charge in [0.2, 0.25) is 0 Å². The minimum atomic E-state index is -0.515. The Morgan fingerprint density at radius 3 is 2.66 bits per heavy atom. The van der Waals surface area contributed by atoms with Crippen LogP contribution in [0.1, 0.15) is 44.5 Å². The van der Waals surface area contributed by atoms with Gasteiger partial charge in [-0.3, -0.25) is 9.69 Å². The van der Waals surface area contributed by atoms with Crippen molar-refractivity contribution in [1.29, 1.82) is 0 Å². The van der Waals surface area contributed by atoms with E-state index in [0.717, 1.165) is 19.5 Å². The number of aliphatic hydroxyl groups is 1. The average Bonchev–Trinajstić information content (AvgIpc) is 2.70. The molecule has 1 aromatic rings. The van der Waals surface area contributed by atoms with E-state index in [4.69, 9.17) is 9.47 Å². The summed E-state index contributed by atoms with van der Waals surface area (Å²) in [5.41, 5.74) is 0.713. The summed E-state index contributed by atoms with van der Waals surface area (Å²) >= 11 is 0. The monoisotopic (exact) mass is 406 g/mol. The highest BCUT2D eigenvalue weighted by atomic mass is 16.5. The minimum Gasteiger partial charge on any atom is -0.389 e. The highest BCUT2D eigenvalue weighted by Gasteiger charge is 2.26. The predicted molar refractivity (Wildman–Crippen MR) is 115 cm³/mol. The van der Waals surface area contributed by atoms with Gasteiger partial charge in [0.15, 0.2) is 0 Å². The number of hydrogen-bond donors (Lipinski definition) is 1. The number of carbonyl (C=O) groups excluding carboxylic acids is 1. The maximum absolute atomic E-state index is 13.0. The third kappa shape index (κ3) is 8.83. The molecule has 1 amide bonds. The van der Waals surface area contributed by atoms with Crippen molar-refractivity contribution in [2.45, 2.75) is 52.4 Å². The van der Waals surface area contributed by atoms with Crippen molar-refractivity contribution in [2.75, 3.05) is 45.9 Å². The Hall–Kier alpha value is -1.47. The Morgan fingerprint density at radius 2 is 2.00 bits per heavy atom. The van der Waals surface area contributed by atoms with Crippen molar-refractivity contribution >= 4 is 5.91 Å². The number of ether oxygens (including phenoxy) is 2. The molecule has 0 spiro atoms. The number of amides is 1. The van der Waals surface area contributed by atoms with Gasteiger partial charge in [-0.15, -0.1) is 0 Å². The van der Waals surface area contributed by atoms with E-state index in [1.165, 1.54) is 0 Å². The molecule has 1 fully saturated rings. The summed E-state index contributed by atoms with van der Waals surface area (Å²) in [7, 11) is 0. The van der Waals surface area contributed by atoms with E-state index in [1.807, 2.05) is 49.1 Å². The maximum atomic E-state index is 13.0. The molecule has 1 aromatic carbocycles. The van der Waals surface area contributed by atoms with Gasteiger partial charge >= 0.3 is 0 Å². The minimum absolute atomic E-state index is 0.0531. The number of hydrogen-bond acceptors (Lipinski definition) is 5. The first-order valence-corrected chi connectivity index (χ1v) is 10.8. The molecule has 0 aliphatic carbocycles. The van der Waals surface area contributed by atoms with Gasteiger partial charge in [-0.25, -0.2) is 0 Å². The summed E-state index contributed by atoms with van der Waals surface area (Å²) in [5.74, 6) is 0.582. The van der Waals surface area contributed by atoms with Crippen LogP contribution in [0.5, 0.6) is 0 Å². The van der Waals surface area contributed by atoms with Crippen molar-refractivity contribution in [1.82, 2.24) is 9.80 Å². The van der Waals surface area contributed by atoms with Crippen LogP contribution in [-0.2, 0) is 9.47 Å². The smallest absolute Gasteiger partial charge is 0.253 e. The van der Waals surface area contributed by atoms with Crippen LogP contribution in [0.4, 0.5) is 0 Å². The molecule has 1 saturated heterocycles. The second-order valence-electron chi connectivity index (χ2n) is 8.59. The molecule has 0 bridgehead atoms. The Bertz CT molecular complexity index is 594. The second-order valence-corrected chi connectivity index (χ2v) is 8.59. The van der Waals surface area contributed by atoms with Gasteiger partial charge in [0.1, 0.15) is 0 Å². The largest absolute Gasteiger partial charge is 0.389 e. The molecule has 1 heterocycles. The van der Waals surface area contributed by atoms with Crippen molar-refractivity contribution in [3.05, 3.63) is 35.9 Å². The van der Waals surface area contributed by atoms with Crippen LogP contribution < -0.4 is 0 Å². The molecule has 0 radical (unpaired) electrons. The third-order valence-electron chi connectivity index (χ3n) is 5.02. The molecule has 1 aliphatic heterocycles. The normalized spacial score (nSPS) is 18.9. The molecule has 1 N–H and O–H groups in total. The molecule has 2 rings (SSSR count). The summed E-state index contributed by atoms with van der Waals surface area (Å²) in [4.78, 5) is 17.2. The topological polar surface area (TPSA) is 62.2 Å². The molecule has 0 unspecified atom stereocenters. The van der Waals surface area contributed by atoms with Gasteiger partial charge in [-0.2, -0.15) is 0 Å². The van der Waals surface area contributed by atoms with Crippen LogP contribution in [0.15, 0.2) is 30.3 Å². The summed E-state index contributed by atoms with van der Waals surface area (Å²) in [6, 6.07) is 9.44. The van der Waals surface area contributed by atoms with Crippen LogP contribution in [0.25, 0.3) is 0 Å². The molecular weight excluding hydrogens is 368 g/mol. The molecular formula is C23H38N2O4. The van der Waals surface area contributed by atoms with Crippen LogP contribution in [0.2, 0.25) is 0 Å². The lowest BCUT2D eigenvalue weighted by molar-refractivity contribution is -0.0628. The Labute approximate surface area is 175 Å². The molecule has 6 heteroatoms. The number of nitrogens with zero attached hydrogens (tertiary/aromatic N) is 2. The lowest BCUT2D eigenvalue weighted by atomic mass is 10.1. The zero-order valence-corrected chi connectivity index (χ0v) is 18.4. The van der Waals surface area contributed by atoms with Gasteiger partial charge in [0.25, 0.3) is 5.91 Å². The van der Waals surface area contributed by atoms with E-state index in [1.54, 1.807) is 0 Å². The first kappa shape index (κ1) is 23.8. The summed E-state index contributed by atoms with van der Waals surface area (Å²) in [6.07, 6.45) is 0.502. The van der Waals surface area contributed by atoms with Crippen molar-refractivity contribution < 1.29 is 19.4 Å². The number of rotatable bonds is 11. The van der Waals surface area contributed by atoms with Gasteiger partial charge in [-0.05, 0) is 38.3 Å². The number of aliphatic hydroxyl groups excluding tert-OH is 1. The number of carbonyl (C=O) groups is 1. The van der Waals surface area contributed by atoms with E-state index in [0.29, 0.717) is 44.3 Å². The van der Waals surface area contributed by atoms with Crippen LogP contribution >= 0.6 is 0 Å². The summed E-state index contributed by atoms with van der Waals surface area (Å²) in [5, 5.41) is 10.2. The molecule has 164 valence electrons. The number of benzene rings is 1. The summed E-state index contributed by atoms with van der Waals surface area (Å²) in [6.45, 7) is 12.6. The second kappa shape index (κ2) is 12.3. The lowest BCUT2D eigenvalue weighted by Gasteiger charge is -2.36. The van der Waals surface area contributed by atoms with Crippen LogP contribution in [0.3, 0.4) is 0 Å². The fraction of sp³-hybridized carbons (Fsp3) is 0.696. The fourth-order valence-corrected chi connectivity index (χ4v) is 3.41. The Kier molecular flexibility index (Phi) is 10.1. The molecule has 2 atom stereocenters. The standard InChI is InChI=1S/C23H38N2O4/c1-18(2)10-11-25(23(27)20-8-6-5-7-9-20)16-22-15-24(12-13-28-22)14-21(26)17-29-19(3)4/h5-9,18-19,21-22,26H,10-17H2,1-4H3/t21-,22+/m1/s1. The first-order chi connectivity index (χ1) is 13.8. The maximum Gasteiger partial charge on any atom is 0.253 e. The van der Waals surface area contributed by atoms with E-state index >= 15 is 0 Å². The van der Waals surface area contributed by atoms with E-state index < -0.39 is 6.10 Å². The van der Waals surface area contributed by atoms with Crippen molar-refractivity contribution in [3.8, 4) is 0 Å². The van der Waals surface area contributed by atoms with Crippen LogP contribution in [0, 0.1) is 5.92 Å². The van der Waals surface area contributed by atoms with Crippen molar-refractivity contribution in [3.63, 3.8) is 0 Å². The van der Waals surface area contributed by atoms with Gasteiger partial charge in [0, 0.05) is 38.3 Å². The quantitative estimate of drug-likeness (QED) is 0.612.